The molecule has 172 valence electrons. The van der Waals surface area contributed by atoms with Crippen molar-refractivity contribution in [3.63, 3.8) is 0 Å². The number of piperidine rings is 1. The van der Waals surface area contributed by atoms with Crippen molar-refractivity contribution < 1.29 is 13.9 Å². The molecule has 1 unspecified atom stereocenters. The van der Waals surface area contributed by atoms with Crippen LogP contribution in [0.2, 0.25) is 5.02 Å². The molecule has 1 atom stereocenters. The molecular formula is C23H29ClFN5O2. The van der Waals surface area contributed by atoms with E-state index in [1.54, 1.807) is 12.1 Å². The van der Waals surface area contributed by atoms with Gasteiger partial charge in [0.2, 0.25) is 5.91 Å². The highest BCUT2D eigenvalue weighted by Gasteiger charge is 2.27. The van der Waals surface area contributed by atoms with Gasteiger partial charge in [0, 0.05) is 38.1 Å². The van der Waals surface area contributed by atoms with Crippen LogP contribution in [0.5, 0.6) is 0 Å². The van der Waals surface area contributed by atoms with E-state index in [0.717, 1.165) is 32.2 Å². The lowest BCUT2D eigenvalue weighted by atomic mass is 9.82. The normalized spacial score (nSPS) is 20.5. The Labute approximate surface area is 192 Å². The topological polar surface area (TPSA) is 88.2 Å². The fourth-order valence-corrected chi connectivity index (χ4v) is 4.26. The van der Waals surface area contributed by atoms with Gasteiger partial charge in [0.05, 0.1) is 16.6 Å². The summed E-state index contributed by atoms with van der Waals surface area (Å²) in [6, 6.07) is 4.63. The van der Waals surface area contributed by atoms with E-state index >= 15 is 0 Å². The Kier molecular flexibility index (Phi) is 7.23. The van der Waals surface area contributed by atoms with E-state index in [1.807, 2.05) is 0 Å². The first-order valence-corrected chi connectivity index (χ1v) is 11.5. The van der Waals surface area contributed by atoms with Gasteiger partial charge in [-0.15, -0.1) is 0 Å². The number of halogens is 2. The van der Waals surface area contributed by atoms with Crippen LogP contribution in [-0.2, 0) is 9.53 Å². The summed E-state index contributed by atoms with van der Waals surface area (Å²) in [5.41, 5.74) is 1.12. The van der Waals surface area contributed by atoms with Gasteiger partial charge < -0.3 is 20.7 Å². The van der Waals surface area contributed by atoms with Crippen LogP contribution >= 0.6 is 11.6 Å². The average molecular weight is 462 g/mol. The highest BCUT2D eigenvalue weighted by Crippen LogP contribution is 2.32. The van der Waals surface area contributed by atoms with Gasteiger partial charge in [0.1, 0.15) is 5.82 Å². The van der Waals surface area contributed by atoms with E-state index < -0.39 is 5.82 Å². The van der Waals surface area contributed by atoms with Crippen molar-refractivity contribution in [2.24, 2.45) is 11.3 Å². The lowest BCUT2D eigenvalue weighted by molar-refractivity contribution is -0.120. The number of aromatic nitrogens is 2. The smallest absolute Gasteiger partial charge is 0.229 e. The van der Waals surface area contributed by atoms with E-state index in [9.17, 15) is 9.18 Å². The number of ether oxygens (including phenoxy) is 1. The maximum atomic E-state index is 14.5. The van der Waals surface area contributed by atoms with Crippen molar-refractivity contribution in [3.05, 3.63) is 35.2 Å². The Balaban J connectivity index is 1.50. The first-order chi connectivity index (χ1) is 15.4. The van der Waals surface area contributed by atoms with E-state index in [1.165, 1.54) is 12.3 Å². The number of hydrogen-bond donors (Lipinski definition) is 3. The Bertz CT molecular complexity index is 961. The van der Waals surface area contributed by atoms with Gasteiger partial charge in [-0.2, -0.15) is 0 Å². The van der Waals surface area contributed by atoms with E-state index in [4.69, 9.17) is 16.3 Å². The van der Waals surface area contributed by atoms with Crippen LogP contribution < -0.4 is 16.0 Å². The number of pyridine rings is 2. The molecular weight excluding hydrogens is 433 g/mol. The third kappa shape index (κ3) is 5.54. The molecule has 2 saturated heterocycles. The molecule has 2 aliphatic rings. The van der Waals surface area contributed by atoms with E-state index in [-0.39, 0.29) is 23.1 Å². The molecule has 32 heavy (non-hydrogen) atoms. The molecule has 0 saturated carbocycles. The minimum Gasteiger partial charge on any atom is -0.381 e. The summed E-state index contributed by atoms with van der Waals surface area (Å²) in [6.07, 6.45) is 5.12. The number of amides is 1. The average Bonchev–Trinajstić information content (AvgIpc) is 2.81. The lowest BCUT2D eigenvalue weighted by Crippen LogP contribution is -2.37. The van der Waals surface area contributed by atoms with Crippen molar-refractivity contribution in [2.75, 3.05) is 43.5 Å². The molecule has 3 N–H and O–H groups in total. The molecule has 0 radical (unpaired) electrons. The fraction of sp³-hybridized carbons (Fsp3) is 0.522. The lowest BCUT2D eigenvalue weighted by Gasteiger charge is -2.33. The summed E-state index contributed by atoms with van der Waals surface area (Å²) < 4.78 is 19.9. The second-order valence-electron chi connectivity index (χ2n) is 8.89. The standard InChI is InChI=1S/C23H29ClFN5O2/c1-23(6-9-32-10-7-23)14-28-21-18(25)4-5-19(29-21)16-11-20(27-13-17(16)24)30-22(31)15-3-2-8-26-12-15/h4-5,11,13,15,26H,2-3,6-10,12,14H2,1H3,(H,28,29)(H,27,30,31). The van der Waals surface area contributed by atoms with Gasteiger partial charge in [-0.1, -0.05) is 18.5 Å². The van der Waals surface area contributed by atoms with E-state index in [0.29, 0.717) is 48.4 Å². The van der Waals surface area contributed by atoms with Crippen LogP contribution in [0.1, 0.15) is 32.6 Å². The largest absolute Gasteiger partial charge is 0.381 e. The summed E-state index contributed by atoms with van der Waals surface area (Å²) >= 11 is 6.38. The molecule has 7 nitrogen and oxygen atoms in total. The second-order valence-corrected chi connectivity index (χ2v) is 9.29. The molecule has 0 spiro atoms. The second kappa shape index (κ2) is 10.1. The molecule has 4 heterocycles. The minimum absolute atomic E-state index is 0.0299. The quantitative estimate of drug-likeness (QED) is 0.600. The molecule has 2 fully saturated rings. The number of nitrogens with zero attached hydrogens (tertiary/aromatic N) is 2. The Hall–Kier alpha value is -2.29. The Morgan fingerprint density at radius 2 is 2.19 bits per heavy atom. The Morgan fingerprint density at radius 3 is 2.94 bits per heavy atom. The van der Waals surface area contributed by atoms with Crippen molar-refractivity contribution in [1.29, 1.82) is 0 Å². The van der Waals surface area contributed by atoms with Crippen LogP contribution in [0, 0.1) is 17.2 Å². The minimum atomic E-state index is -0.423. The summed E-state index contributed by atoms with van der Waals surface area (Å²) in [7, 11) is 0. The van der Waals surface area contributed by atoms with Gasteiger partial charge in [-0.3, -0.25) is 4.79 Å². The third-order valence-electron chi connectivity index (χ3n) is 6.28. The number of hydrogen-bond acceptors (Lipinski definition) is 6. The zero-order valence-electron chi connectivity index (χ0n) is 18.2. The maximum Gasteiger partial charge on any atom is 0.229 e. The van der Waals surface area contributed by atoms with Crippen LogP contribution in [0.3, 0.4) is 0 Å². The van der Waals surface area contributed by atoms with Crippen molar-refractivity contribution in [1.82, 2.24) is 15.3 Å². The molecule has 2 aliphatic heterocycles. The molecule has 4 rings (SSSR count). The molecule has 2 aromatic heterocycles. The SMILES string of the molecule is CC1(CNc2nc(-c3cc(NC(=O)C4CCCNC4)ncc3Cl)ccc2F)CCOCC1. The van der Waals surface area contributed by atoms with Gasteiger partial charge in [-0.05, 0) is 55.8 Å². The van der Waals surface area contributed by atoms with E-state index in [2.05, 4.69) is 32.8 Å². The van der Waals surface area contributed by atoms with Gasteiger partial charge >= 0.3 is 0 Å². The molecule has 0 bridgehead atoms. The van der Waals surface area contributed by atoms with Crippen LogP contribution in [0.4, 0.5) is 16.0 Å². The monoisotopic (exact) mass is 461 g/mol. The number of carbonyl (C=O) groups excluding carboxylic acids is 1. The molecule has 9 heteroatoms. The molecule has 1 amide bonds. The Morgan fingerprint density at radius 1 is 1.38 bits per heavy atom. The molecule has 0 aliphatic carbocycles. The third-order valence-corrected chi connectivity index (χ3v) is 6.58. The number of anilines is 2. The zero-order chi connectivity index (χ0) is 22.6. The fourth-order valence-electron chi connectivity index (χ4n) is 4.06. The van der Waals surface area contributed by atoms with Gasteiger partial charge in [0.15, 0.2) is 11.6 Å². The first kappa shape index (κ1) is 22.9. The predicted octanol–water partition coefficient (Wildman–Crippen LogP) is 4.10. The maximum absolute atomic E-state index is 14.5. The highest BCUT2D eigenvalue weighted by atomic mass is 35.5. The summed E-state index contributed by atoms with van der Waals surface area (Å²) in [5, 5.41) is 9.65. The summed E-state index contributed by atoms with van der Waals surface area (Å²) in [6.45, 7) is 5.79. The van der Waals surface area contributed by atoms with Crippen molar-refractivity contribution >= 4 is 29.1 Å². The summed E-state index contributed by atoms with van der Waals surface area (Å²) in [5.74, 6) is -0.00160. The molecule has 2 aromatic rings. The zero-order valence-corrected chi connectivity index (χ0v) is 19.0. The van der Waals surface area contributed by atoms with Crippen molar-refractivity contribution in [2.45, 2.75) is 32.6 Å². The summed E-state index contributed by atoms with van der Waals surface area (Å²) in [4.78, 5) is 21.3. The number of nitrogens with one attached hydrogen (secondary N) is 3. The van der Waals surface area contributed by atoms with Crippen molar-refractivity contribution in [3.8, 4) is 11.3 Å². The first-order valence-electron chi connectivity index (χ1n) is 11.1. The number of carbonyl (C=O) groups is 1. The van der Waals surface area contributed by atoms with Crippen LogP contribution in [0.15, 0.2) is 24.4 Å². The van der Waals surface area contributed by atoms with Crippen LogP contribution in [0.25, 0.3) is 11.3 Å². The van der Waals surface area contributed by atoms with Crippen LogP contribution in [-0.4, -0.2) is 48.7 Å². The molecule has 0 aromatic carbocycles. The van der Waals surface area contributed by atoms with Gasteiger partial charge in [0.25, 0.3) is 0 Å². The highest BCUT2D eigenvalue weighted by molar-refractivity contribution is 6.33. The van der Waals surface area contributed by atoms with Gasteiger partial charge in [-0.25, -0.2) is 14.4 Å². The predicted molar refractivity (Wildman–Crippen MR) is 123 cm³/mol. The number of rotatable bonds is 6.